The Labute approximate surface area is 166 Å². The maximum absolute atomic E-state index is 12.1. The molecule has 26 heavy (non-hydrogen) atoms. The molecule has 0 bridgehead atoms. The van der Waals surface area contributed by atoms with Gasteiger partial charge in [0.05, 0.1) is 12.4 Å². The molecule has 0 atom stereocenters. The molecule has 2 N–H and O–H groups in total. The number of amides is 2. The molecule has 1 aromatic carbocycles. The van der Waals surface area contributed by atoms with Crippen molar-refractivity contribution in [1.82, 2.24) is 15.5 Å². The van der Waals surface area contributed by atoms with Gasteiger partial charge in [-0.05, 0) is 31.2 Å². The Kier molecular flexibility index (Phi) is 8.01. The Morgan fingerprint density at radius 1 is 1.23 bits per heavy atom. The molecule has 0 aliphatic heterocycles. The standard InChI is InChI=1S/C15H15BrN4O4S2/c1-2-24-12(22)7-17-11(21)8-25-15-20-19-14(26-15)18-13(23)9-3-5-10(16)6-4-9/h3-6H,2,7-8H2,1H3,(H,17,21)(H,18,19,23). The van der Waals surface area contributed by atoms with Crippen LogP contribution in [0.3, 0.4) is 0 Å². The van der Waals surface area contributed by atoms with Crippen LogP contribution in [0.1, 0.15) is 17.3 Å². The predicted octanol–water partition coefficient (Wildman–Crippen LogP) is 2.32. The molecule has 1 aromatic heterocycles. The van der Waals surface area contributed by atoms with E-state index in [9.17, 15) is 14.4 Å². The van der Waals surface area contributed by atoms with E-state index in [0.717, 1.165) is 27.6 Å². The fraction of sp³-hybridized carbons (Fsp3) is 0.267. The third-order valence-electron chi connectivity index (χ3n) is 2.80. The van der Waals surface area contributed by atoms with Crippen LogP contribution >= 0.6 is 39.0 Å². The lowest BCUT2D eigenvalue weighted by molar-refractivity contribution is -0.143. The van der Waals surface area contributed by atoms with Crippen molar-refractivity contribution in [1.29, 1.82) is 0 Å². The van der Waals surface area contributed by atoms with Crippen molar-refractivity contribution in [3.8, 4) is 0 Å². The Morgan fingerprint density at radius 2 is 1.96 bits per heavy atom. The van der Waals surface area contributed by atoms with Crippen molar-refractivity contribution >= 4 is 61.9 Å². The van der Waals surface area contributed by atoms with E-state index in [1.54, 1.807) is 31.2 Å². The van der Waals surface area contributed by atoms with Crippen LogP contribution in [0, 0.1) is 0 Å². The summed E-state index contributed by atoms with van der Waals surface area (Å²) >= 11 is 5.63. The van der Waals surface area contributed by atoms with Gasteiger partial charge in [-0.25, -0.2) is 0 Å². The largest absolute Gasteiger partial charge is 0.465 e. The molecule has 0 unspecified atom stereocenters. The summed E-state index contributed by atoms with van der Waals surface area (Å²) in [7, 11) is 0. The van der Waals surface area contributed by atoms with Crippen molar-refractivity contribution in [2.75, 3.05) is 24.2 Å². The molecule has 8 nitrogen and oxygen atoms in total. The minimum atomic E-state index is -0.486. The van der Waals surface area contributed by atoms with Crippen molar-refractivity contribution < 1.29 is 19.1 Å². The summed E-state index contributed by atoms with van der Waals surface area (Å²) in [4.78, 5) is 34.9. The second kappa shape index (κ2) is 10.2. The molecule has 0 aliphatic rings. The third kappa shape index (κ3) is 6.73. The third-order valence-corrected chi connectivity index (χ3v) is 5.30. The van der Waals surface area contributed by atoms with Crippen LogP contribution < -0.4 is 10.6 Å². The summed E-state index contributed by atoms with van der Waals surface area (Å²) in [6.45, 7) is 1.79. The lowest BCUT2D eigenvalue weighted by atomic mass is 10.2. The topological polar surface area (TPSA) is 110 Å². The van der Waals surface area contributed by atoms with Crippen LogP contribution in [0.15, 0.2) is 33.1 Å². The van der Waals surface area contributed by atoms with E-state index in [2.05, 4.69) is 36.8 Å². The first-order valence-electron chi connectivity index (χ1n) is 7.43. The fourth-order valence-corrected chi connectivity index (χ4v) is 3.49. The number of nitrogens with zero attached hydrogens (tertiary/aromatic N) is 2. The van der Waals surface area contributed by atoms with Crippen LogP contribution in [0.4, 0.5) is 5.13 Å². The molecule has 2 rings (SSSR count). The van der Waals surface area contributed by atoms with Gasteiger partial charge in [-0.15, -0.1) is 10.2 Å². The first-order chi connectivity index (χ1) is 12.5. The zero-order valence-electron chi connectivity index (χ0n) is 13.7. The monoisotopic (exact) mass is 458 g/mol. The summed E-state index contributed by atoms with van der Waals surface area (Å²) in [6.07, 6.45) is 0. The second-order valence-corrected chi connectivity index (χ2v) is 7.82. The molecule has 2 amide bonds. The van der Waals surface area contributed by atoms with Crippen molar-refractivity contribution in [3.05, 3.63) is 34.3 Å². The van der Waals surface area contributed by atoms with E-state index >= 15 is 0 Å². The van der Waals surface area contributed by atoms with E-state index in [-0.39, 0.29) is 30.7 Å². The molecule has 0 saturated heterocycles. The Morgan fingerprint density at radius 3 is 2.65 bits per heavy atom. The van der Waals surface area contributed by atoms with E-state index < -0.39 is 5.97 Å². The number of nitrogens with one attached hydrogen (secondary N) is 2. The first-order valence-corrected chi connectivity index (χ1v) is 10.0. The van der Waals surface area contributed by atoms with Crippen LogP contribution in [0.5, 0.6) is 0 Å². The van der Waals surface area contributed by atoms with Crippen LogP contribution in [0.2, 0.25) is 0 Å². The minimum absolute atomic E-state index is 0.0781. The summed E-state index contributed by atoms with van der Waals surface area (Å²) in [5.74, 6) is -1.02. The predicted molar refractivity (Wildman–Crippen MR) is 102 cm³/mol. The summed E-state index contributed by atoms with van der Waals surface area (Å²) < 4.78 is 6.12. The van der Waals surface area contributed by atoms with E-state index in [1.807, 2.05) is 0 Å². The summed E-state index contributed by atoms with van der Waals surface area (Å²) in [6, 6.07) is 6.91. The Balaban J connectivity index is 1.78. The Hall–Kier alpha value is -1.98. The van der Waals surface area contributed by atoms with Gasteiger partial charge in [0.1, 0.15) is 6.54 Å². The number of halogens is 1. The van der Waals surface area contributed by atoms with Gasteiger partial charge in [0, 0.05) is 10.0 Å². The quantitative estimate of drug-likeness (QED) is 0.354. The summed E-state index contributed by atoms with van der Waals surface area (Å²) in [5.41, 5.74) is 0.496. The van der Waals surface area contributed by atoms with Crippen molar-refractivity contribution in [3.63, 3.8) is 0 Å². The molecule has 2 aromatic rings. The number of carbonyl (C=O) groups is 3. The van der Waals surface area contributed by atoms with Crippen LogP contribution in [-0.4, -0.2) is 46.9 Å². The molecular formula is C15H15BrN4O4S2. The SMILES string of the molecule is CCOC(=O)CNC(=O)CSc1nnc(NC(=O)c2ccc(Br)cc2)s1. The number of hydrogen-bond donors (Lipinski definition) is 2. The fourth-order valence-electron chi connectivity index (χ4n) is 1.65. The normalized spacial score (nSPS) is 10.2. The molecular weight excluding hydrogens is 444 g/mol. The van der Waals surface area contributed by atoms with Gasteiger partial charge in [0.25, 0.3) is 5.91 Å². The molecule has 0 aliphatic carbocycles. The van der Waals surface area contributed by atoms with Gasteiger partial charge in [-0.3, -0.25) is 19.7 Å². The number of aromatic nitrogens is 2. The number of benzene rings is 1. The number of rotatable bonds is 8. The van der Waals surface area contributed by atoms with Crippen molar-refractivity contribution in [2.45, 2.75) is 11.3 Å². The molecule has 0 radical (unpaired) electrons. The average molecular weight is 459 g/mol. The number of esters is 1. The average Bonchev–Trinajstić information content (AvgIpc) is 3.06. The van der Waals surface area contributed by atoms with E-state index in [4.69, 9.17) is 4.74 Å². The second-order valence-electron chi connectivity index (χ2n) is 4.70. The van der Waals surface area contributed by atoms with Gasteiger partial charge in [-0.2, -0.15) is 0 Å². The van der Waals surface area contributed by atoms with Crippen molar-refractivity contribution in [2.24, 2.45) is 0 Å². The maximum atomic E-state index is 12.1. The highest BCUT2D eigenvalue weighted by molar-refractivity contribution is 9.10. The van der Waals surface area contributed by atoms with E-state index in [0.29, 0.717) is 15.0 Å². The highest BCUT2D eigenvalue weighted by Gasteiger charge is 2.12. The molecule has 0 saturated carbocycles. The van der Waals surface area contributed by atoms with Gasteiger partial charge in [0.2, 0.25) is 11.0 Å². The minimum Gasteiger partial charge on any atom is -0.465 e. The number of ether oxygens (including phenoxy) is 1. The van der Waals surface area contributed by atoms with Gasteiger partial charge in [0.15, 0.2) is 4.34 Å². The molecule has 0 spiro atoms. The van der Waals surface area contributed by atoms with Crippen LogP contribution in [0.25, 0.3) is 0 Å². The van der Waals surface area contributed by atoms with Gasteiger partial charge in [-0.1, -0.05) is 39.0 Å². The smallest absolute Gasteiger partial charge is 0.325 e. The molecule has 0 fully saturated rings. The lowest BCUT2D eigenvalue weighted by Gasteiger charge is -2.03. The zero-order valence-corrected chi connectivity index (χ0v) is 16.9. The van der Waals surface area contributed by atoms with Gasteiger partial charge >= 0.3 is 5.97 Å². The Bertz CT molecular complexity index is 782. The number of thioether (sulfide) groups is 1. The maximum Gasteiger partial charge on any atom is 0.325 e. The lowest BCUT2D eigenvalue weighted by Crippen LogP contribution is -2.31. The number of hydrogen-bond acceptors (Lipinski definition) is 8. The molecule has 138 valence electrons. The van der Waals surface area contributed by atoms with Crippen LogP contribution in [-0.2, 0) is 14.3 Å². The number of anilines is 1. The molecule has 1 heterocycles. The first kappa shape index (κ1) is 20.3. The molecule has 11 heteroatoms. The highest BCUT2D eigenvalue weighted by Crippen LogP contribution is 2.25. The zero-order chi connectivity index (χ0) is 18.9. The number of carbonyl (C=O) groups excluding carboxylic acids is 3. The highest BCUT2D eigenvalue weighted by atomic mass is 79.9. The van der Waals surface area contributed by atoms with E-state index in [1.165, 1.54) is 0 Å². The summed E-state index contributed by atoms with van der Waals surface area (Å²) in [5, 5.41) is 13.2. The van der Waals surface area contributed by atoms with Gasteiger partial charge < -0.3 is 10.1 Å².